The minimum Gasteiger partial charge on any atom is -0.215 e. The summed E-state index contributed by atoms with van der Waals surface area (Å²) in [5.41, 5.74) is -0.406. The molecule has 1 rings (SSSR count). The van der Waals surface area contributed by atoms with Gasteiger partial charge in [0.1, 0.15) is 19.4 Å². The Hall–Kier alpha value is -0.183. The van der Waals surface area contributed by atoms with E-state index in [1.54, 1.807) is 0 Å². The average molecular weight is 260 g/mol. The standard InChI is InChI=1S/C14H26F2Si/c1-5-6-11-7-9-12(10-8-11)13(15)14(16)17(2,3)4/h11-12H,5-10H2,1-4H3/b14-13-/t11-,12-. The van der Waals surface area contributed by atoms with Crippen molar-refractivity contribution in [3.63, 3.8) is 0 Å². The second-order valence-electron chi connectivity index (χ2n) is 6.42. The Morgan fingerprint density at radius 2 is 1.59 bits per heavy atom. The van der Waals surface area contributed by atoms with Gasteiger partial charge < -0.3 is 0 Å². The molecule has 0 N–H and O–H groups in total. The molecule has 0 atom stereocenters. The molecule has 0 bridgehead atoms. The minimum absolute atomic E-state index is 0.130. The van der Waals surface area contributed by atoms with E-state index in [4.69, 9.17) is 0 Å². The Balaban J connectivity index is 2.60. The van der Waals surface area contributed by atoms with Crippen LogP contribution in [0.15, 0.2) is 11.3 Å². The van der Waals surface area contributed by atoms with Gasteiger partial charge in [-0.25, -0.2) is 8.78 Å². The first kappa shape index (κ1) is 14.9. The van der Waals surface area contributed by atoms with Crippen LogP contribution in [0, 0.1) is 11.8 Å². The van der Waals surface area contributed by atoms with Crippen molar-refractivity contribution in [3.05, 3.63) is 11.3 Å². The van der Waals surface area contributed by atoms with Crippen molar-refractivity contribution in [1.82, 2.24) is 0 Å². The van der Waals surface area contributed by atoms with Crippen LogP contribution >= 0.6 is 0 Å². The quantitative estimate of drug-likeness (QED) is 0.575. The Morgan fingerprint density at radius 1 is 1.06 bits per heavy atom. The number of rotatable bonds is 4. The first-order valence-corrected chi connectivity index (χ1v) is 10.4. The second-order valence-corrected chi connectivity index (χ2v) is 11.4. The molecule has 0 heterocycles. The Bertz CT molecular complexity index is 270. The van der Waals surface area contributed by atoms with E-state index in [-0.39, 0.29) is 5.92 Å². The van der Waals surface area contributed by atoms with E-state index >= 15 is 0 Å². The van der Waals surface area contributed by atoms with E-state index in [9.17, 15) is 8.78 Å². The van der Waals surface area contributed by atoms with Crippen molar-refractivity contribution in [2.75, 3.05) is 0 Å². The topological polar surface area (TPSA) is 0 Å². The van der Waals surface area contributed by atoms with Gasteiger partial charge >= 0.3 is 0 Å². The summed E-state index contributed by atoms with van der Waals surface area (Å²) in [7, 11) is -2.10. The van der Waals surface area contributed by atoms with Crippen molar-refractivity contribution in [2.24, 2.45) is 11.8 Å². The number of allylic oxidation sites excluding steroid dienone is 1. The van der Waals surface area contributed by atoms with Crippen LogP contribution in [0.1, 0.15) is 45.4 Å². The van der Waals surface area contributed by atoms with Gasteiger partial charge in [-0.15, -0.1) is 0 Å². The highest BCUT2D eigenvalue weighted by atomic mass is 28.3. The molecule has 0 aromatic carbocycles. The molecular weight excluding hydrogens is 234 g/mol. The van der Waals surface area contributed by atoms with Gasteiger partial charge in [0.05, 0.1) is 0 Å². The predicted molar refractivity (Wildman–Crippen MR) is 72.9 cm³/mol. The maximum absolute atomic E-state index is 14.0. The van der Waals surface area contributed by atoms with Crippen molar-refractivity contribution in [1.29, 1.82) is 0 Å². The molecule has 0 amide bonds. The van der Waals surface area contributed by atoms with Crippen LogP contribution in [-0.2, 0) is 0 Å². The van der Waals surface area contributed by atoms with Gasteiger partial charge in [0.2, 0.25) is 0 Å². The highest BCUT2D eigenvalue weighted by Gasteiger charge is 2.31. The van der Waals surface area contributed by atoms with Crippen LogP contribution in [-0.4, -0.2) is 8.07 Å². The first-order valence-electron chi connectivity index (χ1n) is 6.91. The van der Waals surface area contributed by atoms with Crippen LogP contribution in [0.25, 0.3) is 0 Å². The maximum atomic E-state index is 14.0. The molecule has 0 unspecified atom stereocenters. The number of hydrogen-bond donors (Lipinski definition) is 0. The van der Waals surface area contributed by atoms with Gasteiger partial charge in [-0.3, -0.25) is 0 Å². The lowest BCUT2D eigenvalue weighted by molar-refractivity contribution is 0.258. The molecule has 0 spiro atoms. The zero-order valence-electron chi connectivity index (χ0n) is 11.7. The van der Waals surface area contributed by atoms with Gasteiger partial charge in [0.15, 0.2) is 0 Å². The molecule has 1 aliphatic carbocycles. The van der Waals surface area contributed by atoms with Gasteiger partial charge in [0, 0.05) is 5.92 Å². The number of hydrogen-bond acceptors (Lipinski definition) is 0. The summed E-state index contributed by atoms with van der Waals surface area (Å²) in [5.74, 6) is 0.202. The molecule has 0 aromatic heterocycles. The summed E-state index contributed by atoms with van der Waals surface area (Å²) in [6, 6.07) is 0. The van der Waals surface area contributed by atoms with Crippen molar-refractivity contribution < 1.29 is 8.78 Å². The molecule has 0 nitrogen and oxygen atoms in total. The Labute approximate surface area is 106 Å². The van der Waals surface area contributed by atoms with E-state index in [1.165, 1.54) is 12.8 Å². The van der Waals surface area contributed by atoms with E-state index in [2.05, 4.69) is 6.92 Å². The second kappa shape index (κ2) is 6.12. The SMILES string of the molecule is CCC[C@H]1CC[C@H](/C(F)=C(\F)[Si](C)(C)C)CC1. The lowest BCUT2D eigenvalue weighted by atomic mass is 9.80. The number of halogens is 2. The third-order valence-electron chi connectivity index (χ3n) is 3.77. The molecule has 1 saturated carbocycles. The smallest absolute Gasteiger partial charge is 0.130 e. The Kier molecular flexibility index (Phi) is 5.36. The lowest BCUT2D eigenvalue weighted by Crippen LogP contribution is -2.25. The van der Waals surface area contributed by atoms with Gasteiger partial charge in [-0.05, 0) is 31.6 Å². The molecule has 0 radical (unpaired) electrons. The normalized spacial score (nSPS) is 27.9. The van der Waals surface area contributed by atoms with Gasteiger partial charge in [0.25, 0.3) is 0 Å². The summed E-state index contributed by atoms with van der Waals surface area (Å²) in [6.07, 6.45) is 6.28. The molecule has 100 valence electrons. The van der Waals surface area contributed by atoms with Gasteiger partial charge in [-0.2, -0.15) is 0 Å². The van der Waals surface area contributed by atoms with Crippen LogP contribution in [0.5, 0.6) is 0 Å². The zero-order valence-corrected chi connectivity index (χ0v) is 12.7. The third-order valence-corrected chi connectivity index (χ3v) is 5.33. The summed E-state index contributed by atoms with van der Waals surface area (Å²) in [6.45, 7) is 7.79. The monoisotopic (exact) mass is 260 g/mol. The molecule has 3 heteroatoms. The van der Waals surface area contributed by atoms with Crippen LogP contribution in [0.4, 0.5) is 8.78 Å². The van der Waals surface area contributed by atoms with Crippen molar-refractivity contribution >= 4 is 8.07 Å². The van der Waals surface area contributed by atoms with Crippen LogP contribution < -0.4 is 0 Å². The van der Waals surface area contributed by atoms with Crippen molar-refractivity contribution in [3.8, 4) is 0 Å². The first-order chi connectivity index (χ1) is 7.86. The molecule has 0 aromatic rings. The van der Waals surface area contributed by atoms with E-state index in [0.29, 0.717) is 0 Å². The molecule has 1 fully saturated rings. The predicted octanol–water partition coefficient (Wildman–Crippen LogP) is 5.62. The molecular formula is C14H26F2Si. The largest absolute Gasteiger partial charge is 0.215 e. The van der Waals surface area contributed by atoms with Gasteiger partial charge in [-0.1, -0.05) is 39.4 Å². The summed E-state index contributed by atoms with van der Waals surface area (Å²) >= 11 is 0. The van der Waals surface area contributed by atoms with Crippen LogP contribution in [0.2, 0.25) is 19.6 Å². The molecule has 17 heavy (non-hydrogen) atoms. The highest BCUT2D eigenvalue weighted by Crippen LogP contribution is 2.38. The Morgan fingerprint density at radius 3 is 2.00 bits per heavy atom. The fraction of sp³-hybridized carbons (Fsp3) is 0.857. The maximum Gasteiger partial charge on any atom is 0.130 e. The fourth-order valence-corrected chi connectivity index (χ4v) is 3.57. The van der Waals surface area contributed by atoms with E-state index in [0.717, 1.165) is 31.6 Å². The average Bonchev–Trinajstić information content (AvgIpc) is 2.27. The minimum atomic E-state index is -2.10. The third kappa shape index (κ3) is 4.20. The summed E-state index contributed by atoms with van der Waals surface area (Å²) in [5, 5.41) is 0. The van der Waals surface area contributed by atoms with Crippen molar-refractivity contribution in [2.45, 2.75) is 65.1 Å². The molecule has 1 aliphatic rings. The highest BCUT2D eigenvalue weighted by molar-refractivity contribution is 6.82. The van der Waals surface area contributed by atoms with Crippen LogP contribution in [0.3, 0.4) is 0 Å². The molecule has 0 saturated heterocycles. The molecule has 0 aliphatic heterocycles. The summed E-state index contributed by atoms with van der Waals surface area (Å²) in [4.78, 5) is 0. The zero-order chi connectivity index (χ0) is 13.1. The van der Waals surface area contributed by atoms with E-state index < -0.39 is 19.4 Å². The van der Waals surface area contributed by atoms with E-state index in [1.807, 2.05) is 19.6 Å². The fourth-order valence-electron chi connectivity index (χ4n) is 2.65. The lowest BCUT2D eigenvalue weighted by Gasteiger charge is -2.28. The summed E-state index contributed by atoms with van der Waals surface area (Å²) < 4.78 is 27.9.